The van der Waals surface area contributed by atoms with E-state index in [1.165, 1.54) is 11.9 Å². The predicted octanol–water partition coefficient (Wildman–Crippen LogP) is 6.88. The highest BCUT2D eigenvalue weighted by molar-refractivity contribution is 6.31. The Morgan fingerprint density at radius 1 is 0.973 bits per heavy atom. The molecule has 1 N–H and O–H groups in total. The third-order valence-corrected chi connectivity index (χ3v) is 6.35. The molecule has 0 spiro atoms. The van der Waals surface area contributed by atoms with E-state index in [9.17, 15) is 0 Å². The molecule has 2 heterocycles. The Hall–Kier alpha value is -3.03. The fourth-order valence-electron chi connectivity index (χ4n) is 4.42. The third-order valence-electron chi connectivity index (χ3n) is 6.08. The number of rotatable bonds is 10. The maximum atomic E-state index is 6.41. The molecule has 1 aromatic heterocycles. The van der Waals surface area contributed by atoms with Gasteiger partial charge in [-0.3, -0.25) is 4.90 Å². The lowest BCUT2D eigenvalue weighted by Gasteiger charge is -2.33. The summed E-state index contributed by atoms with van der Waals surface area (Å²) in [5.41, 5.74) is 2.21. The number of ether oxygens (including phenoxy) is 3. The number of benzene rings is 2. The number of nitrogens with one attached hydrogen (secondary N) is 1. The number of anilines is 1. The van der Waals surface area contributed by atoms with Gasteiger partial charge in [-0.15, -0.1) is 0 Å². The number of aromatic nitrogens is 2. The van der Waals surface area contributed by atoms with E-state index in [2.05, 4.69) is 32.3 Å². The van der Waals surface area contributed by atoms with Gasteiger partial charge in [-0.2, -0.15) is 0 Å². The van der Waals surface area contributed by atoms with Crippen LogP contribution in [0.2, 0.25) is 5.15 Å². The number of hydrogen-bond donors (Lipinski definition) is 1. The van der Waals surface area contributed by atoms with Crippen molar-refractivity contribution in [3.8, 4) is 23.0 Å². The molecule has 0 atom stereocenters. The van der Waals surface area contributed by atoms with Gasteiger partial charge >= 0.3 is 0 Å². The van der Waals surface area contributed by atoms with Crippen LogP contribution in [0.3, 0.4) is 0 Å². The first-order valence-corrected chi connectivity index (χ1v) is 13.3. The Balaban J connectivity index is 1.39. The molecule has 37 heavy (non-hydrogen) atoms. The Morgan fingerprint density at radius 3 is 2.24 bits per heavy atom. The minimum Gasteiger partial charge on any atom is -0.491 e. The molecule has 7 nitrogen and oxygen atoms in total. The SMILES string of the molecule is Cc1ccccc1Oc1c(Cl)ncnc1NC1CCN(Cc2cc(OC(C)C)cc(OC(C)C)c2)CC1. The second-order valence-electron chi connectivity index (χ2n) is 10.1. The van der Waals surface area contributed by atoms with Crippen LogP contribution in [0, 0.1) is 6.92 Å². The van der Waals surface area contributed by atoms with E-state index in [0.717, 1.165) is 55.3 Å². The van der Waals surface area contributed by atoms with Gasteiger partial charge in [-0.25, -0.2) is 9.97 Å². The van der Waals surface area contributed by atoms with E-state index in [0.29, 0.717) is 16.7 Å². The summed E-state index contributed by atoms with van der Waals surface area (Å²) in [7, 11) is 0. The third kappa shape index (κ3) is 7.73. The Morgan fingerprint density at radius 2 is 1.62 bits per heavy atom. The van der Waals surface area contributed by atoms with Crippen molar-refractivity contribution in [1.82, 2.24) is 14.9 Å². The molecule has 0 amide bonds. The number of likely N-dealkylation sites (tertiary alicyclic amines) is 1. The van der Waals surface area contributed by atoms with E-state index in [1.54, 1.807) is 0 Å². The zero-order chi connectivity index (χ0) is 26.4. The van der Waals surface area contributed by atoms with E-state index in [1.807, 2.05) is 65.0 Å². The van der Waals surface area contributed by atoms with Gasteiger partial charge in [-0.1, -0.05) is 29.8 Å². The molecule has 0 unspecified atom stereocenters. The fourth-order valence-corrected chi connectivity index (χ4v) is 4.59. The Bertz CT molecular complexity index is 1150. The lowest BCUT2D eigenvalue weighted by atomic mass is 10.0. The first-order chi connectivity index (χ1) is 17.8. The van der Waals surface area contributed by atoms with Crippen LogP contribution in [-0.2, 0) is 6.54 Å². The largest absolute Gasteiger partial charge is 0.491 e. The van der Waals surface area contributed by atoms with Crippen molar-refractivity contribution in [3.05, 3.63) is 65.1 Å². The number of para-hydroxylation sites is 1. The van der Waals surface area contributed by atoms with Gasteiger partial charge in [0.2, 0.25) is 5.75 Å². The molecular weight excluding hydrogens is 488 g/mol. The van der Waals surface area contributed by atoms with Gasteiger partial charge in [0.15, 0.2) is 11.0 Å². The summed E-state index contributed by atoms with van der Waals surface area (Å²) in [6.45, 7) is 12.9. The predicted molar refractivity (Wildman–Crippen MR) is 148 cm³/mol. The van der Waals surface area contributed by atoms with Crippen molar-refractivity contribution in [1.29, 1.82) is 0 Å². The maximum absolute atomic E-state index is 6.41. The van der Waals surface area contributed by atoms with Crippen LogP contribution in [0.15, 0.2) is 48.8 Å². The molecule has 1 aliphatic heterocycles. The molecule has 8 heteroatoms. The topological polar surface area (TPSA) is 68.7 Å². The van der Waals surface area contributed by atoms with Crippen molar-refractivity contribution in [2.75, 3.05) is 18.4 Å². The minimum absolute atomic E-state index is 0.110. The van der Waals surface area contributed by atoms with Crippen LogP contribution in [0.5, 0.6) is 23.0 Å². The molecule has 0 saturated carbocycles. The van der Waals surface area contributed by atoms with Crippen molar-refractivity contribution in [2.24, 2.45) is 0 Å². The highest BCUT2D eigenvalue weighted by atomic mass is 35.5. The van der Waals surface area contributed by atoms with E-state index >= 15 is 0 Å². The van der Waals surface area contributed by atoms with Crippen molar-refractivity contribution in [2.45, 2.75) is 72.3 Å². The van der Waals surface area contributed by atoms with Gasteiger partial charge in [0.1, 0.15) is 23.6 Å². The summed E-state index contributed by atoms with van der Waals surface area (Å²) in [6.07, 6.45) is 3.64. The monoisotopic (exact) mass is 524 g/mol. The Kier molecular flexibility index (Phi) is 9.11. The molecule has 4 rings (SSSR count). The molecule has 1 aliphatic rings. The first-order valence-electron chi connectivity index (χ1n) is 13.0. The zero-order valence-electron chi connectivity index (χ0n) is 22.3. The second kappa shape index (κ2) is 12.5. The summed E-state index contributed by atoms with van der Waals surface area (Å²) in [4.78, 5) is 11.0. The van der Waals surface area contributed by atoms with Crippen molar-refractivity contribution < 1.29 is 14.2 Å². The molecule has 198 valence electrons. The highest BCUT2D eigenvalue weighted by Crippen LogP contribution is 2.36. The molecule has 0 bridgehead atoms. The standard InChI is InChI=1S/C29H37ClN4O3/c1-19(2)35-24-14-22(15-25(16-24)36-20(3)4)17-34-12-10-23(11-13-34)33-29-27(28(30)31-18-32-29)37-26-9-7-6-8-21(26)5/h6-9,14-16,18-20,23H,10-13,17H2,1-5H3,(H,31,32,33). The average molecular weight is 525 g/mol. The lowest BCUT2D eigenvalue weighted by Crippen LogP contribution is -2.38. The molecule has 3 aromatic rings. The molecule has 0 aliphatic carbocycles. The van der Waals surface area contributed by atoms with E-state index in [-0.39, 0.29) is 18.2 Å². The summed E-state index contributed by atoms with van der Waals surface area (Å²) in [5, 5.41) is 3.84. The van der Waals surface area contributed by atoms with Crippen molar-refractivity contribution >= 4 is 17.4 Å². The lowest BCUT2D eigenvalue weighted by molar-refractivity contribution is 0.207. The molecular formula is C29H37ClN4O3. The van der Waals surface area contributed by atoms with E-state index in [4.69, 9.17) is 25.8 Å². The Labute approximate surface area is 225 Å². The summed E-state index contributed by atoms with van der Waals surface area (Å²) in [5.74, 6) is 3.51. The average Bonchev–Trinajstić information content (AvgIpc) is 2.83. The van der Waals surface area contributed by atoms with Crippen LogP contribution in [0.25, 0.3) is 0 Å². The minimum atomic E-state index is 0.110. The van der Waals surface area contributed by atoms with Crippen LogP contribution in [-0.4, -0.2) is 46.2 Å². The van der Waals surface area contributed by atoms with Crippen LogP contribution >= 0.6 is 11.6 Å². The smallest absolute Gasteiger partial charge is 0.206 e. The number of nitrogens with zero attached hydrogens (tertiary/aromatic N) is 3. The number of hydrogen-bond acceptors (Lipinski definition) is 7. The summed E-state index contributed by atoms with van der Waals surface area (Å²) < 4.78 is 18.1. The highest BCUT2D eigenvalue weighted by Gasteiger charge is 2.23. The van der Waals surface area contributed by atoms with Gasteiger partial charge in [0, 0.05) is 31.7 Å². The van der Waals surface area contributed by atoms with Crippen LogP contribution < -0.4 is 19.5 Å². The van der Waals surface area contributed by atoms with Gasteiger partial charge in [0.25, 0.3) is 0 Å². The molecule has 1 fully saturated rings. The number of aryl methyl sites for hydroxylation is 1. The van der Waals surface area contributed by atoms with Gasteiger partial charge in [0.05, 0.1) is 12.2 Å². The zero-order valence-corrected chi connectivity index (χ0v) is 23.1. The maximum Gasteiger partial charge on any atom is 0.206 e. The molecule has 0 radical (unpaired) electrons. The second-order valence-corrected chi connectivity index (χ2v) is 10.4. The van der Waals surface area contributed by atoms with Crippen LogP contribution in [0.1, 0.15) is 51.7 Å². The summed E-state index contributed by atoms with van der Waals surface area (Å²) in [6, 6.07) is 14.3. The quantitative estimate of drug-likeness (QED) is 0.290. The van der Waals surface area contributed by atoms with E-state index < -0.39 is 0 Å². The number of piperidine rings is 1. The fraction of sp³-hybridized carbons (Fsp3) is 0.448. The van der Waals surface area contributed by atoms with Crippen LogP contribution in [0.4, 0.5) is 5.82 Å². The van der Waals surface area contributed by atoms with Gasteiger partial charge in [-0.05, 0) is 76.8 Å². The first kappa shape index (κ1) is 27.0. The molecule has 2 aromatic carbocycles. The van der Waals surface area contributed by atoms with Gasteiger partial charge < -0.3 is 19.5 Å². The normalized spacial score (nSPS) is 14.7. The number of halogens is 1. The van der Waals surface area contributed by atoms with Crippen molar-refractivity contribution in [3.63, 3.8) is 0 Å². The molecule has 1 saturated heterocycles. The summed E-state index contributed by atoms with van der Waals surface area (Å²) >= 11 is 6.41.